The van der Waals surface area contributed by atoms with E-state index in [1.54, 1.807) is 18.0 Å². The van der Waals surface area contributed by atoms with E-state index in [-0.39, 0.29) is 0 Å². The van der Waals surface area contributed by atoms with Crippen molar-refractivity contribution in [3.8, 4) is 0 Å². The number of nitrogens with zero attached hydrogens (tertiary/aromatic N) is 3. The van der Waals surface area contributed by atoms with Crippen LogP contribution in [0, 0.1) is 0 Å². The first-order valence-electron chi connectivity index (χ1n) is 6.30. The minimum absolute atomic E-state index is 0.335. The van der Waals surface area contributed by atoms with Gasteiger partial charge in [-0.05, 0) is 19.1 Å². The van der Waals surface area contributed by atoms with E-state index in [4.69, 9.17) is 4.42 Å². The minimum atomic E-state index is 0.335. The normalized spacial score (nSPS) is 11.2. The molecule has 0 spiro atoms. The molecule has 102 valence electrons. The van der Waals surface area contributed by atoms with Crippen LogP contribution < -0.4 is 0 Å². The molecule has 0 saturated heterocycles. The van der Waals surface area contributed by atoms with Crippen LogP contribution in [0.4, 0.5) is 0 Å². The first-order valence-corrected chi connectivity index (χ1v) is 7.29. The highest BCUT2D eigenvalue weighted by Crippen LogP contribution is 2.23. The fraction of sp³-hybridized carbons (Fsp3) is 0.429. The van der Waals surface area contributed by atoms with Gasteiger partial charge in [-0.3, -0.25) is 4.57 Å². The second-order valence-corrected chi connectivity index (χ2v) is 5.85. The van der Waals surface area contributed by atoms with E-state index in [9.17, 15) is 0 Å². The third kappa shape index (κ3) is 3.50. The summed E-state index contributed by atoms with van der Waals surface area (Å²) in [5.41, 5.74) is 1.13. The average Bonchev–Trinajstić information content (AvgIpc) is 2.96. The highest BCUT2D eigenvalue weighted by atomic mass is 32.2. The minimum Gasteiger partial charge on any atom is -0.467 e. The van der Waals surface area contributed by atoms with Crippen molar-refractivity contribution in [3.05, 3.63) is 42.1 Å². The van der Waals surface area contributed by atoms with Crippen LogP contribution in [0.15, 0.2) is 40.1 Å². The van der Waals surface area contributed by atoms with Gasteiger partial charge < -0.3 is 4.42 Å². The van der Waals surface area contributed by atoms with Crippen molar-refractivity contribution in [3.63, 3.8) is 0 Å². The van der Waals surface area contributed by atoms with Gasteiger partial charge in [0, 0.05) is 11.7 Å². The molecule has 0 aliphatic rings. The lowest BCUT2D eigenvalue weighted by atomic mass is 10.2. The smallest absolute Gasteiger partial charge is 0.191 e. The van der Waals surface area contributed by atoms with Crippen LogP contribution in [0.25, 0.3) is 0 Å². The first-order chi connectivity index (χ1) is 9.08. The molecule has 0 bridgehead atoms. The van der Waals surface area contributed by atoms with Gasteiger partial charge in [-0.15, -0.1) is 10.2 Å². The maximum atomic E-state index is 5.42. The fourth-order valence-corrected chi connectivity index (χ4v) is 2.52. The van der Waals surface area contributed by atoms with Gasteiger partial charge in [-0.25, -0.2) is 0 Å². The van der Waals surface area contributed by atoms with Crippen LogP contribution >= 0.6 is 11.8 Å². The Kier molecular flexibility index (Phi) is 4.47. The second-order valence-electron chi connectivity index (χ2n) is 4.91. The molecule has 0 radical (unpaired) electrons. The SMILES string of the molecule is C=C(C)CSc1nnc(C(C)C)n1Cc1ccco1. The number of hydrogen-bond acceptors (Lipinski definition) is 4. The largest absolute Gasteiger partial charge is 0.467 e. The molecule has 4 nitrogen and oxygen atoms in total. The number of hydrogen-bond donors (Lipinski definition) is 0. The summed E-state index contributed by atoms with van der Waals surface area (Å²) in [7, 11) is 0. The van der Waals surface area contributed by atoms with E-state index in [1.165, 1.54) is 0 Å². The first kappa shape index (κ1) is 13.9. The summed E-state index contributed by atoms with van der Waals surface area (Å²) >= 11 is 1.66. The topological polar surface area (TPSA) is 43.9 Å². The monoisotopic (exact) mass is 277 g/mol. The number of furan rings is 1. The standard InChI is InChI=1S/C14H19N3OS/c1-10(2)9-19-14-16-15-13(11(3)4)17(14)8-12-6-5-7-18-12/h5-7,11H,1,8-9H2,2-4H3. The molecule has 0 aromatic carbocycles. The van der Waals surface area contributed by atoms with Gasteiger partial charge in [-0.1, -0.05) is 37.8 Å². The summed E-state index contributed by atoms with van der Waals surface area (Å²) in [6.45, 7) is 10.9. The van der Waals surface area contributed by atoms with Crippen molar-refractivity contribution >= 4 is 11.8 Å². The number of rotatable bonds is 6. The lowest BCUT2D eigenvalue weighted by molar-refractivity contribution is 0.475. The zero-order valence-corrected chi connectivity index (χ0v) is 12.4. The molecule has 0 fully saturated rings. The van der Waals surface area contributed by atoms with Gasteiger partial charge in [0.15, 0.2) is 5.16 Å². The fourth-order valence-electron chi connectivity index (χ4n) is 1.73. The predicted molar refractivity (Wildman–Crippen MR) is 77.5 cm³/mol. The zero-order chi connectivity index (χ0) is 13.8. The molecule has 0 unspecified atom stereocenters. The van der Waals surface area contributed by atoms with Crippen LogP contribution in [-0.2, 0) is 6.54 Å². The maximum Gasteiger partial charge on any atom is 0.191 e. The molecule has 2 heterocycles. The quantitative estimate of drug-likeness (QED) is 0.596. The van der Waals surface area contributed by atoms with Crippen LogP contribution in [0.1, 0.15) is 38.3 Å². The molecule has 0 aliphatic carbocycles. The molecule has 0 amide bonds. The van der Waals surface area contributed by atoms with E-state index < -0.39 is 0 Å². The zero-order valence-electron chi connectivity index (χ0n) is 11.6. The van der Waals surface area contributed by atoms with Crippen LogP contribution in [-0.4, -0.2) is 20.5 Å². The molecular formula is C14H19N3OS. The van der Waals surface area contributed by atoms with Crippen molar-refractivity contribution in [2.24, 2.45) is 0 Å². The predicted octanol–water partition coefficient (Wildman–Crippen LogP) is 3.71. The van der Waals surface area contributed by atoms with E-state index in [0.29, 0.717) is 12.5 Å². The Bertz CT molecular complexity index is 543. The lowest BCUT2D eigenvalue weighted by Crippen LogP contribution is -2.07. The molecular weight excluding hydrogens is 258 g/mol. The summed E-state index contributed by atoms with van der Waals surface area (Å²) in [5, 5.41) is 9.50. The van der Waals surface area contributed by atoms with E-state index in [1.807, 2.05) is 19.1 Å². The maximum absolute atomic E-state index is 5.42. The summed E-state index contributed by atoms with van der Waals surface area (Å²) in [6.07, 6.45) is 1.69. The third-order valence-corrected chi connectivity index (χ3v) is 3.80. The van der Waals surface area contributed by atoms with Gasteiger partial charge >= 0.3 is 0 Å². The van der Waals surface area contributed by atoms with Gasteiger partial charge in [0.25, 0.3) is 0 Å². The van der Waals surface area contributed by atoms with Crippen molar-refractivity contribution in [1.82, 2.24) is 14.8 Å². The molecule has 2 rings (SSSR count). The van der Waals surface area contributed by atoms with E-state index >= 15 is 0 Å². The van der Waals surface area contributed by atoms with Gasteiger partial charge in [0.2, 0.25) is 0 Å². The van der Waals surface area contributed by atoms with Crippen LogP contribution in [0.5, 0.6) is 0 Å². The van der Waals surface area contributed by atoms with E-state index in [0.717, 1.165) is 28.1 Å². The molecule has 19 heavy (non-hydrogen) atoms. The summed E-state index contributed by atoms with van der Waals surface area (Å²) < 4.78 is 7.54. The highest BCUT2D eigenvalue weighted by Gasteiger charge is 2.16. The molecule has 0 N–H and O–H groups in total. The van der Waals surface area contributed by atoms with Crippen molar-refractivity contribution < 1.29 is 4.42 Å². The van der Waals surface area contributed by atoms with Crippen molar-refractivity contribution in [2.75, 3.05) is 5.75 Å². The van der Waals surface area contributed by atoms with Crippen LogP contribution in [0.3, 0.4) is 0 Å². The number of thioether (sulfide) groups is 1. The third-order valence-electron chi connectivity index (χ3n) is 2.60. The molecule has 5 heteroatoms. The summed E-state index contributed by atoms with van der Waals surface area (Å²) in [5.74, 6) is 3.09. The Morgan fingerprint density at radius 3 is 2.84 bits per heavy atom. The summed E-state index contributed by atoms with van der Waals surface area (Å²) in [6, 6.07) is 3.87. The Hall–Kier alpha value is -1.49. The Morgan fingerprint density at radius 1 is 1.47 bits per heavy atom. The Morgan fingerprint density at radius 2 is 2.26 bits per heavy atom. The number of aromatic nitrogens is 3. The molecule has 0 aliphatic heterocycles. The lowest BCUT2D eigenvalue weighted by Gasteiger charge is -2.10. The molecule has 0 saturated carbocycles. The second kappa shape index (κ2) is 6.10. The van der Waals surface area contributed by atoms with Crippen LogP contribution in [0.2, 0.25) is 0 Å². The molecule has 2 aromatic heterocycles. The summed E-state index contributed by atoms with van der Waals surface area (Å²) in [4.78, 5) is 0. The van der Waals surface area contributed by atoms with Crippen molar-refractivity contribution in [2.45, 2.75) is 38.4 Å². The van der Waals surface area contributed by atoms with Gasteiger partial charge in [0.1, 0.15) is 11.6 Å². The molecule has 0 atom stereocenters. The molecule has 2 aromatic rings. The van der Waals surface area contributed by atoms with Gasteiger partial charge in [-0.2, -0.15) is 0 Å². The Labute approximate surface area is 117 Å². The van der Waals surface area contributed by atoms with E-state index in [2.05, 4.69) is 35.2 Å². The van der Waals surface area contributed by atoms with Crippen molar-refractivity contribution in [1.29, 1.82) is 0 Å². The highest BCUT2D eigenvalue weighted by molar-refractivity contribution is 7.99. The average molecular weight is 277 g/mol. The Balaban J connectivity index is 2.25. The van der Waals surface area contributed by atoms with Gasteiger partial charge in [0.05, 0.1) is 12.8 Å².